The van der Waals surface area contributed by atoms with Crippen LogP contribution in [0.5, 0.6) is 5.75 Å². The van der Waals surface area contributed by atoms with E-state index < -0.39 is 5.82 Å². The Morgan fingerprint density at radius 3 is 2.79 bits per heavy atom. The van der Waals surface area contributed by atoms with Gasteiger partial charge in [-0.15, -0.1) is 0 Å². The Bertz CT molecular complexity index is 886. The number of benzene rings is 2. The van der Waals surface area contributed by atoms with Gasteiger partial charge in [0, 0.05) is 31.5 Å². The van der Waals surface area contributed by atoms with E-state index in [2.05, 4.69) is 11.4 Å². The maximum absolute atomic E-state index is 14.5. The molecule has 0 unspecified atom stereocenters. The van der Waals surface area contributed by atoms with E-state index in [9.17, 15) is 9.18 Å². The molecule has 3 rings (SSSR count). The minimum Gasteiger partial charge on any atom is -0.494 e. The Balaban J connectivity index is 1.70. The van der Waals surface area contributed by atoms with Crippen molar-refractivity contribution < 1.29 is 18.7 Å². The standard InChI is InChI=1S/C22H23FN2O3/c1-2-27-21-6-3-15(13-24)9-18(21)11-19(26)10-16-4-5-17(12-20(16)23)22-14-25-7-8-28-22/h3-6,9,12,22,25H,2,7-8,10-11,14H2,1H3/t22-/m0/s1. The first kappa shape index (κ1) is 20.0. The summed E-state index contributed by atoms with van der Waals surface area (Å²) in [5.74, 6) is 0.0294. The molecule has 146 valence electrons. The van der Waals surface area contributed by atoms with Crippen LogP contribution in [0, 0.1) is 17.1 Å². The van der Waals surface area contributed by atoms with E-state index >= 15 is 0 Å². The van der Waals surface area contributed by atoms with Gasteiger partial charge in [0.1, 0.15) is 17.3 Å². The van der Waals surface area contributed by atoms with E-state index in [-0.39, 0.29) is 24.7 Å². The van der Waals surface area contributed by atoms with E-state index in [1.165, 1.54) is 6.07 Å². The lowest BCUT2D eigenvalue weighted by Gasteiger charge is -2.24. The summed E-state index contributed by atoms with van der Waals surface area (Å²) >= 11 is 0. The topological polar surface area (TPSA) is 71.3 Å². The van der Waals surface area contributed by atoms with Gasteiger partial charge in [0.05, 0.1) is 31.0 Å². The number of halogens is 1. The molecular weight excluding hydrogens is 359 g/mol. The molecule has 0 aliphatic carbocycles. The van der Waals surface area contributed by atoms with Crippen LogP contribution >= 0.6 is 0 Å². The molecule has 2 aromatic rings. The van der Waals surface area contributed by atoms with Crippen molar-refractivity contribution in [2.75, 3.05) is 26.3 Å². The van der Waals surface area contributed by atoms with Gasteiger partial charge in [0.15, 0.2) is 0 Å². The molecule has 5 nitrogen and oxygen atoms in total. The number of carbonyl (C=O) groups excluding carboxylic acids is 1. The van der Waals surface area contributed by atoms with E-state index in [0.29, 0.717) is 42.2 Å². The van der Waals surface area contributed by atoms with Crippen LogP contribution in [0.15, 0.2) is 36.4 Å². The average Bonchev–Trinajstić information content (AvgIpc) is 2.71. The number of carbonyl (C=O) groups is 1. The van der Waals surface area contributed by atoms with E-state index in [4.69, 9.17) is 14.7 Å². The summed E-state index contributed by atoms with van der Waals surface area (Å²) in [5, 5.41) is 12.3. The van der Waals surface area contributed by atoms with Crippen molar-refractivity contribution in [1.29, 1.82) is 5.26 Å². The van der Waals surface area contributed by atoms with Crippen LogP contribution in [-0.4, -0.2) is 32.1 Å². The summed E-state index contributed by atoms with van der Waals surface area (Å²) in [4.78, 5) is 12.5. The molecule has 1 atom stereocenters. The van der Waals surface area contributed by atoms with Crippen LogP contribution in [0.25, 0.3) is 0 Å². The van der Waals surface area contributed by atoms with Gasteiger partial charge in [-0.3, -0.25) is 4.79 Å². The highest BCUT2D eigenvalue weighted by molar-refractivity contribution is 5.84. The Morgan fingerprint density at radius 1 is 1.29 bits per heavy atom. The number of ketones is 1. The Labute approximate surface area is 164 Å². The van der Waals surface area contributed by atoms with Crippen molar-refractivity contribution in [3.8, 4) is 11.8 Å². The second-order valence-electron chi connectivity index (χ2n) is 6.67. The predicted molar refractivity (Wildman–Crippen MR) is 103 cm³/mol. The molecule has 6 heteroatoms. The first-order chi connectivity index (χ1) is 13.6. The van der Waals surface area contributed by atoms with Crippen molar-refractivity contribution >= 4 is 5.78 Å². The van der Waals surface area contributed by atoms with Crippen LogP contribution in [0.2, 0.25) is 0 Å². The first-order valence-corrected chi connectivity index (χ1v) is 9.39. The average molecular weight is 382 g/mol. The molecule has 0 spiro atoms. The van der Waals surface area contributed by atoms with Gasteiger partial charge in [-0.25, -0.2) is 4.39 Å². The maximum atomic E-state index is 14.5. The molecule has 1 saturated heterocycles. The van der Waals surface area contributed by atoms with Gasteiger partial charge in [0.25, 0.3) is 0 Å². The van der Waals surface area contributed by atoms with Crippen molar-refractivity contribution in [1.82, 2.24) is 5.32 Å². The van der Waals surface area contributed by atoms with Crippen molar-refractivity contribution in [3.63, 3.8) is 0 Å². The number of nitrogens with zero attached hydrogens (tertiary/aromatic N) is 1. The van der Waals surface area contributed by atoms with Gasteiger partial charge in [-0.1, -0.05) is 12.1 Å². The normalized spacial score (nSPS) is 16.4. The Morgan fingerprint density at radius 2 is 2.11 bits per heavy atom. The molecule has 2 aromatic carbocycles. The summed E-state index contributed by atoms with van der Waals surface area (Å²) in [6, 6.07) is 12.0. The minimum atomic E-state index is -0.407. The third-order valence-electron chi connectivity index (χ3n) is 4.64. The third kappa shape index (κ3) is 4.94. The largest absolute Gasteiger partial charge is 0.494 e. The zero-order valence-corrected chi connectivity index (χ0v) is 15.8. The molecule has 1 heterocycles. The highest BCUT2D eigenvalue weighted by Crippen LogP contribution is 2.24. The second kappa shape index (κ2) is 9.45. The number of nitriles is 1. The number of nitrogens with one attached hydrogen (secondary N) is 1. The number of Topliss-reactive ketones (excluding diaryl/α,β-unsaturated/α-hetero) is 1. The van der Waals surface area contributed by atoms with Crippen molar-refractivity contribution in [2.45, 2.75) is 25.9 Å². The minimum absolute atomic E-state index is 0.0156. The highest BCUT2D eigenvalue weighted by atomic mass is 19.1. The maximum Gasteiger partial charge on any atom is 0.141 e. The summed E-state index contributed by atoms with van der Waals surface area (Å²) in [6.45, 7) is 4.35. The summed E-state index contributed by atoms with van der Waals surface area (Å²) in [7, 11) is 0. The molecule has 1 N–H and O–H groups in total. The molecule has 0 aromatic heterocycles. The van der Waals surface area contributed by atoms with Gasteiger partial charge in [0.2, 0.25) is 0 Å². The van der Waals surface area contributed by atoms with Crippen LogP contribution in [0.4, 0.5) is 4.39 Å². The van der Waals surface area contributed by atoms with Gasteiger partial charge in [-0.2, -0.15) is 5.26 Å². The van der Waals surface area contributed by atoms with Gasteiger partial charge in [-0.05, 0) is 42.3 Å². The molecule has 1 aliphatic rings. The molecule has 0 bridgehead atoms. The van der Waals surface area contributed by atoms with Crippen LogP contribution < -0.4 is 10.1 Å². The smallest absolute Gasteiger partial charge is 0.141 e. The van der Waals surface area contributed by atoms with E-state index in [1.807, 2.05) is 13.0 Å². The number of morpholine rings is 1. The number of hydrogen-bond donors (Lipinski definition) is 1. The van der Waals surface area contributed by atoms with Crippen LogP contribution in [-0.2, 0) is 22.4 Å². The van der Waals surface area contributed by atoms with Crippen LogP contribution in [0.3, 0.4) is 0 Å². The molecule has 1 fully saturated rings. The molecule has 0 amide bonds. The van der Waals surface area contributed by atoms with Crippen LogP contribution in [0.1, 0.15) is 35.3 Å². The lowest BCUT2D eigenvalue weighted by Crippen LogP contribution is -2.33. The Hall–Kier alpha value is -2.75. The number of rotatable bonds is 7. The summed E-state index contributed by atoms with van der Waals surface area (Å²) in [5.41, 5.74) is 2.22. The van der Waals surface area contributed by atoms with Gasteiger partial charge < -0.3 is 14.8 Å². The molecule has 0 saturated carbocycles. The first-order valence-electron chi connectivity index (χ1n) is 9.39. The number of hydrogen-bond acceptors (Lipinski definition) is 5. The molecule has 1 aliphatic heterocycles. The Kier molecular flexibility index (Phi) is 6.75. The molecular formula is C22H23FN2O3. The SMILES string of the molecule is CCOc1ccc(C#N)cc1CC(=O)Cc1ccc([C@@H]2CNCCO2)cc1F. The van der Waals surface area contributed by atoms with Crippen molar-refractivity contribution in [2.24, 2.45) is 0 Å². The predicted octanol–water partition coefficient (Wildman–Crippen LogP) is 3.11. The third-order valence-corrected chi connectivity index (χ3v) is 4.64. The fraction of sp³-hybridized carbons (Fsp3) is 0.364. The molecule has 28 heavy (non-hydrogen) atoms. The van der Waals surface area contributed by atoms with E-state index in [0.717, 1.165) is 12.1 Å². The fourth-order valence-corrected chi connectivity index (χ4v) is 3.26. The lowest BCUT2D eigenvalue weighted by atomic mass is 9.98. The zero-order chi connectivity index (χ0) is 19.9. The van der Waals surface area contributed by atoms with E-state index in [1.54, 1.807) is 24.3 Å². The number of ether oxygens (including phenoxy) is 2. The summed E-state index contributed by atoms with van der Waals surface area (Å²) in [6.07, 6.45) is -0.101. The van der Waals surface area contributed by atoms with Gasteiger partial charge >= 0.3 is 0 Å². The molecule has 0 radical (unpaired) electrons. The quantitative estimate of drug-likeness (QED) is 0.797. The van der Waals surface area contributed by atoms with Crippen molar-refractivity contribution in [3.05, 3.63) is 64.5 Å². The second-order valence-corrected chi connectivity index (χ2v) is 6.67. The lowest BCUT2D eigenvalue weighted by molar-refractivity contribution is -0.117. The fourth-order valence-electron chi connectivity index (χ4n) is 3.26. The summed E-state index contributed by atoms with van der Waals surface area (Å²) < 4.78 is 25.7. The monoisotopic (exact) mass is 382 g/mol. The zero-order valence-electron chi connectivity index (χ0n) is 15.8. The highest BCUT2D eigenvalue weighted by Gasteiger charge is 2.18.